The Morgan fingerprint density at radius 1 is 1.04 bits per heavy atom. The second kappa shape index (κ2) is 9.10. The molecule has 6 nitrogen and oxygen atoms in total. The highest BCUT2D eigenvalue weighted by Crippen LogP contribution is 2.22. The van der Waals surface area contributed by atoms with E-state index >= 15 is 0 Å². The summed E-state index contributed by atoms with van der Waals surface area (Å²) in [5.41, 5.74) is 0.0776. The van der Waals surface area contributed by atoms with Crippen molar-refractivity contribution < 1.29 is 4.74 Å². The number of nitrogens with one attached hydrogen (secondary N) is 1. The molecule has 3 heterocycles. The molecule has 0 aromatic heterocycles. The zero-order valence-electron chi connectivity index (χ0n) is 18.2. The standard InChI is InChI=1S/C21H41N5O/c1-17-13-26(14-18(2)27-17)21(3,4)16-23-20(22-5)25-12-9-19(15-25)24-10-7-6-8-11-24/h17-19H,6-16H2,1-5H3,(H,22,23). The van der Waals surface area contributed by atoms with Gasteiger partial charge in [0.15, 0.2) is 5.96 Å². The van der Waals surface area contributed by atoms with E-state index in [4.69, 9.17) is 4.74 Å². The van der Waals surface area contributed by atoms with Crippen molar-refractivity contribution in [2.45, 2.75) is 77.2 Å². The Morgan fingerprint density at radius 3 is 2.33 bits per heavy atom. The number of aliphatic imine (C=N–C) groups is 1. The Balaban J connectivity index is 1.51. The average molecular weight is 380 g/mol. The third kappa shape index (κ3) is 5.36. The number of likely N-dealkylation sites (tertiary alicyclic amines) is 2. The van der Waals surface area contributed by atoms with Gasteiger partial charge in [0.2, 0.25) is 0 Å². The second-order valence-electron chi connectivity index (χ2n) is 9.36. The molecule has 3 rings (SSSR count). The molecular weight excluding hydrogens is 338 g/mol. The van der Waals surface area contributed by atoms with Crippen molar-refractivity contribution in [3.63, 3.8) is 0 Å². The molecule has 156 valence electrons. The molecule has 3 unspecified atom stereocenters. The largest absolute Gasteiger partial charge is 0.373 e. The minimum Gasteiger partial charge on any atom is -0.373 e. The highest BCUT2D eigenvalue weighted by Gasteiger charge is 2.34. The molecule has 0 radical (unpaired) electrons. The summed E-state index contributed by atoms with van der Waals surface area (Å²) < 4.78 is 5.91. The molecule has 3 fully saturated rings. The maximum absolute atomic E-state index is 5.91. The molecule has 0 amide bonds. The molecule has 27 heavy (non-hydrogen) atoms. The van der Waals surface area contributed by atoms with E-state index in [0.29, 0.717) is 18.2 Å². The van der Waals surface area contributed by atoms with Crippen LogP contribution in [0.15, 0.2) is 4.99 Å². The Hall–Kier alpha value is -0.850. The fourth-order valence-corrected chi connectivity index (χ4v) is 4.93. The Kier molecular flexibility index (Phi) is 7.03. The molecule has 1 N–H and O–H groups in total. The van der Waals surface area contributed by atoms with Gasteiger partial charge in [-0.25, -0.2) is 0 Å². The maximum Gasteiger partial charge on any atom is 0.193 e. The fourth-order valence-electron chi connectivity index (χ4n) is 4.93. The molecule has 0 bridgehead atoms. The Morgan fingerprint density at radius 2 is 1.70 bits per heavy atom. The third-order valence-electron chi connectivity index (χ3n) is 6.54. The molecule has 3 aliphatic rings. The van der Waals surface area contributed by atoms with Gasteiger partial charge in [-0.3, -0.25) is 14.8 Å². The SMILES string of the molecule is CN=C(NCC(C)(C)N1CC(C)OC(C)C1)N1CCC(N2CCCCC2)C1. The van der Waals surface area contributed by atoms with Crippen LogP contribution in [0.1, 0.15) is 53.4 Å². The number of hydrogen-bond acceptors (Lipinski definition) is 4. The number of nitrogens with zero attached hydrogens (tertiary/aromatic N) is 4. The van der Waals surface area contributed by atoms with Gasteiger partial charge in [0.25, 0.3) is 0 Å². The van der Waals surface area contributed by atoms with Crippen LogP contribution in [-0.2, 0) is 4.74 Å². The monoisotopic (exact) mass is 379 g/mol. The van der Waals surface area contributed by atoms with Gasteiger partial charge in [-0.15, -0.1) is 0 Å². The zero-order chi connectivity index (χ0) is 19.4. The molecule has 0 aromatic carbocycles. The first-order valence-corrected chi connectivity index (χ1v) is 11.0. The topological polar surface area (TPSA) is 43.3 Å². The van der Waals surface area contributed by atoms with Crippen LogP contribution < -0.4 is 5.32 Å². The van der Waals surface area contributed by atoms with Gasteiger partial charge in [-0.1, -0.05) is 6.42 Å². The number of hydrogen-bond donors (Lipinski definition) is 1. The highest BCUT2D eigenvalue weighted by molar-refractivity contribution is 5.80. The van der Waals surface area contributed by atoms with Gasteiger partial charge in [0.1, 0.15) is 0 Å². The van der Waals surface area contributed by atoms with E-state index in [1.807, 2.05) is 7.05 Å². The van der Waals surface area contributed by atoms with Gasteiger partial charge >= 0.3 is 0 Å². The summed E-state index contributed by atoms with van der Waals surface area (Å²) >= 11 is 0. The number of ether oxygens (including phenoxy) is 1. The van der Waals surface area contributed by atoms with Crippen LogP contribution in [0, 0.1) is 0 Å². The van der Waals surface area contributed by atoms with Crippen molar-refractivity contribution in [1.29, 1.82) is 0 Å². The molecule has 0 saturated carbocycles. The zero-order valence-corrected chi connectivity index (χ0v) is 18.2. The number of rotatable bonds is 4. The molecule has 0 aromatic rings. The first-order valence-electron chi connectivity index (χ1n) is 11.0. The first kappa shape index (κ1) is 20.9. The van der Waals surface area contributed by atoms with Crippen LogP contribution in [-0.4, -0.2) is 97.3 Å². The van der Waals surface area contributed by atoms with Gasteiger partial charge in [-0.2, -0.15) is 0 Å². The fraction of sp³-hybridized carbons (Fsp3) is 0.952. The van der Waals surface area contributed by atoms with Crippen LogP contribution >= 0.6 is 0 Å². The van der Waals surface area contributed by atoms with Crippen molar-refractivity contribution >= 4 is 5.96 Å². The molecule has 3 aliphatic heterocycles. The summed E-state index contributed by atoms with van der Waals surface area (Å²) in [4.78, 5) is 12.3. The van der Waals surface area contributed by atoms with E-state index < -0.39 is 0 Å². The first-order chi connectivity index (χ1) is 12.9. The summed E-state index contributed by atoms with van der Waals surface area (Å²) in [5.74, 6) is 1.07. The van der Waals surface area contributed by atoms with Crippen molar-refractivity contribution in [3.05, 3.63) is 0 Å². The summed E-state index contributed by atoms with van der Waals surface area (Å²) in [5, 5.41) is 3.68. The number of piperidine rings is 1. The smallest absolute Gasteiger partial charge is 0.193 e. The molecule has 0 aliphatic carbocycles. The van der Waals surface area contributed by atoms with Crippen LogP contribution in [0.25, 0.3) is 0 Å². The van der Waals surface area contributed by atoms with E-state index in [0.717, 1.165) is 38.7 Å². The molecule has 0 spiro atoms. The normalized spacial score (nSPS) is 32.1. The lowest BCUT2D eigenvalue weighted by Gasteiger charge is -2.45. The van der Waals surface area contributed by atoms with Gasteiger partial charge < -0.3 is 15.0 Å². The van der Waals surface area contributed by atoms with Crippen LogP contribution in [0.4, 0.5) is 0 Å². The summed E-state index contributed by atoms with van der Waals surface area (Å²) in [6.45, 7) is 16.7. The van der Waals surface area contributed by atoms with Gasteiger partial charge in [0, 0.05) is 51.4 Å². The summed E-state index contributed by atoms with van der Waals surface area (Å²) in [6.07, 6.45) is 6.02. The lowest BCUT2D eigenvalue weighted by Crippen LogP contribution is -2.59. The minimum absolute atomic E-state index is 0.0776. The lowest BCUT2D eigenvalue weighted by atomic mass is 10.00. The van der Waals surface area contributed by atoms with Crippen LogP contribution in [0.3, 0.4) is 0 Å². The van der Waals surface area contributed by atoms with Crippen molar-refractivity contribution in [2.24, 2.45) is 4.99 Å². The Bertz CT molecular complexity index is 493. The van der Waals surface area contributed by atoms with E-state index in [-0.39, 0.29) is 5.54 Å². The third-order valence-corrected chi connectivity index (χ3v) is 6.54. The van der Waals surface area contributed by atoms with E-state index in [9.17, 15) is 0 Å². The van der Waals surface area contributed by atoms with Crippen molar-refractivity contribution in [2.75, 3.05) is 52.9 Å². The predicted molar refractivity (Wildman–Crippen MR) is 112 cm³/mol. The van der Waals surface area contributed by atoms with E-state index in [1.54, 1.807) is 0 Å². The van der Waals surface area contributed by atoms with Crippen molar-refractivity contribution in [1.82, 2.24) is 20.0 Å². The molecule has 6 heteroatoms. The van der Waals surface area contributed by atoms with Crippen LogP contribution in [0.2, 0.25) is 0 Å². The Labute approximate surface area is 166 Å². The van der Waals surface area contributed by atoms with Gasteiger partial charge in [-0.05, 0) is 60.0 Å². The second-order valence-corrected chi connectivity index (χ2v) is 9.36. The predicted octanol–water partition coefficient (Wildman–Crippen LogP) is 2.01. The van der Waals surface area contributed by atoms with Crippen LogP contribution in [0.5, 0.6) is 0 Å². The molecular formula is C21H41N5O. The summed E-state index contributed by atoms with van der Waals surface area (Å²) in [7, 11) is 1.92. The number of guanidine groups is 1. The minimum atomic E-state index is 0.0776. The average Bonchev–Trinajstić information content (AvgIpc) is 3.12. The van der Waals surface area contributed by atoms with E-state index in [2.05, 4.69) is 52.7 Å². The highest BCUT2D eigenvalue weighted by atomic mass is 16.5. The van der Waals surface area contributed by atoms with E-state index in [1.165, 1.54) is 38.8 Å². The molecule has 3 atom stereocenters. The number of morpholine rings is 1. The summed E-state index contributed by atoms with van der Waals surface area (Å²) in [6, 6.07) is 0.706. The quantitative estimate of drug-likeness (QED) is 0.598. The lowest BCUT2D eigenvalue weighted by molar-refractivity contribution is -0.0947. The van der Waals surface area contributed by atoms with Crippen molar-refractivity contribution in [3.8, 4) is 0 Å². The van der Waals surface area contributed by atoms with Gasteiger partial charge in [0.05, 0.1) is 12.2 Å². The maximum atomic E-state index is 5.91. The molecule has 3 saturated heterocycles.